The Kier molecular flexibility index (Phi) is 1.21. The third-order valence-corrected chi connectivity index (χ3v) is 2.38. The van der Waals surface area contributed by atoms with Crippen LogP contribution in [0.4, 0.5) is 5.69 Å². The zero-order valence-corrected chi connectivity index (χ0v) is 7.69. The summed E-state index contributed by atoms with van der Waals surface area (Å²) in [5.74, 6) is 0.723. The molecule has 3 aromatic heterocycles. The summed E-state index contributed by atoms with van der Waals surface area (Å²) in [7, 11) is 0. The lowest BCUT2D eigenvalue weighted by Gasteiger charge is -1.93. The monoisotopic (exact) mass is 187 g/mol. The van der Waals surface area contributed by atoms with Crippen molar-refractivity contribution in [1.29, 1.82) is 0 Å². The van der Waals surface area contributed by atoms with Gasteiger partial charge in [-0.25, -0.2) is 0 Å². The molecule has 0 atom stereocenters. The highest BCUT2D eigenvalue weighted by atomic mass is 16.3. The molecule has 0 aliphatic rings. The molecule has 3 rings (SSSR count). The van der Waals surface area contributed by atoms with Gasteiger partial charge in [0.05, 0.1) is 0 Å². The van der Waals surface area contributed by atoms with Crippen molar-refractivity contribution in [2.24, 2.45) is 0 Å². The second-order valence-electron chi connectivity index (χ2n) is 3.27. The van der Waals surface area contributed by atoms with Crippen molar-refractivity contribution >= 4 is 22.6 Å². The molecule has 4 heteroatoms. The van der Waals surface area contributed by atoms with Crippen molar-refractivity contribution in [2.75, 3.05) is 5.73 Å². The molecule has 0 spiro atoms. The molecule has 0 radical (unpaired) electrons. The van der Waals surface area contributed by atoms with Gasteiger partial charge in [-0.05, 0) is 19.1 Å². The normalized spacial score (nSPS) is 11.5. The molecule has 0 saturated heterocycles. The maximum absolute atomic E-state index is 5.89. The number of anilines is 1. The molecule has 0 aromatic carbocycles. The molecule has 0 amide bonds. The summed E-state index contributed by atoms with van der Waals surface area (Å²) < 4.78 is 7.36. The quantitative estimate of drug-likeness (QED) is 0.585. The van der Waals surface area contributed by atoms with Gasteiger partial charge in [0.15, 0.2) is 0 Å². The number of aromatic nitrogens is 2. The van der Waals surface area contributed by atoms with E-state index in [1.54, 1.807) is 0 Å². The number of nitrogens with zero attached hydrogens (tertiary/aromatic N) is 2. The molecular weight excluding hydrogens is 178 g/mol. The van der Waals surface area contributed by atoms with Crippen molar-refractivity contribution in [3.63, 3.8) is 0 Å². The van der Waals surface area contributed by atoms with Crippen LogP contribution in [0.5, 0.6) is 0 Å². The van der Waals surface area contributed by atoms with Crippen LogP contribution in [0.3, 0.4) is 0 Å². The van der Waals surface area contributed by atoms with Crippen LogP contribution >= 0.6 is 0 Å². The number of nitrogen functional groups attached to an aromatic ring is 1. The van der Waals surface area contributed by atoms with E-state index in [1.807, 2.05) is 35.7 Å². The molecule has 0 aliphatic carbocycles. The summed E-state index contributed by atoms with van der Waals surface area (Å²) in [5, 5.41) is 0. The minimum absolute atomic E-state index is 0.603. The largest absolute Gasteiger partial charge is 0.440 e. The zero-order chi connectivity index (χ0) is 9.71. The van der Waals surface area contributed by atoms with E-state index in [0.717, 1.165) is 16.9 Å². The number of pyridine rings is 1. The number of hydrogen-bond acceptors (Lipinski definition) is 3. The van der Waals surface area contributed by atoms with E-state index in [4.69, 9.17) is 10.2 Å². The minimum atomic E-state index is 0.603. The fourth-order valence-corrected chi connectivity index (χ4v) is 1.66. The van der Waals surface area contributed by atoms with Crippen LogP contribution in [0, 0.1) is 6.92 Å². The first-order valence-electron chi connectivity index (χ1n) is 4.39. The van der Waals surface area contributed by atoms with E-state index in [-0.39, 0.29) is 0 Å². The lowest BCUT2D eigenvalue weighted by Crippen LogP contribution is -1.89. The smallest absolute Gasteiger partial charge is 0.247 e. The van der Waals surface area contributed by atoms with Crippen molar-refractivity contribution < 1.29 is 4.42 Å². The first kappa shape index (κ1) is 7.44. The van der Waals surface area contributed by atoms with Crippen molar-refractivity contribution in [3.8, 4) is 0 Å². The Labute approximate surface area is 80.0 Å². The minimum Gasteiger partial charge on any atom is -0.440 e. The number of nitrogens with two attached hydrogens (primary N) is 1. The highest BCUT2D eigenvalue weighted by Gasteiger charge is 2.13. The summed E-state index contributed by atoms with van der Waals surface area (Å²) in [6, 6.07) is 5.80. The third-order valence-electron chi connectivity index (χ3n) is 2.38. The van der Waals surface area contributed by atoms with Gasteiger partial charge in [0.2, 0.25) is 5.71 Å². The van der Waals surface area contributed by atoms with E-state index < -0.39 is 0 Å². The summed E-state index contributed by atoms with van der Waals surface area (Å²) in [4.78, 5) is 4.31. The Bertz CT molecular complexity index is 621. The molecule has 3 heterocycles. The topological polar surface area (TPSA) is 56.5 Å². The van der Waals surface area contributed by atoms with E-state index in [2.05, 4.69) is 4.98 Å². The fraction of sp³-hybridized carbons (Fsp3) is 0.100. The van der Waals surface area contributed by atoms with Gasteiger partial charge >= 0.3 is 0 Å². The summed E-state index contributed by atoms with van der Waals surface area (Å²) in [5.41, 5.74) is 8.88. The molecule has 0 unspecified atom stereocenters. The molecule has 0 aliphatic heterocycles. The predicted molar refractivity (Wildman–Crippen MR) is 54.1 cm³/mol. The van der Waals surface area contributed by atoms with Crippen molar-refractivity contribution in [3.05, 3.63) is 30.2 Å². The molecule has 0 fully saturated rings. The number of furan rings is 1. The van der Waals surface area contributed by atoms with Crippen LogP contribution in [-0.2, 0) is 0 Å². The van der Waals surface area contributed by atoms with Gasteiger partial charge < -0.3 is 10.2 Å². The first-order chi connectivity index (χ1) is 6.77. The Hall–Kier alpha value is -1.97. The summed E-state index contributed by atoms with van der Waals surface area (Å²) in [6.07, 6.45) is 1.93. The predicted octanol–water partition coefficient (Wildman–Crippen LogP) is 1.97. The molecule has 0 bridgehead atoms. The molecule has 2 N–H and O–H groups in total. The van der Waals surface area contributed by atoms with Gasteiger partial charge in [-0.1, -0.05) is 6.07 Å². The lowest BCUT2D eigenvalue weighted by molar-refractivity contribution is 0.571. The van der Waals surface area contributed by atoms with Crippen LogP contribution in [0.25, 0.3) is 16.9 Å². The van der Waals surface area contributed by atoms with Gasteiger partial charge in [0.25, 0.3) is 0 Å². The standard InChI is InChI=1S/C10H9N3O/c1-6-8(11)9-10(14-6)12-7-4-2-3-5-13(7)9/h2-5H,11H2,1H3. The van der Waals surface area contributed by atoms with Gasteiger partial charge in [0.1, 0.15) is 22.6 Å². The SMILES string of the molecule is Cc1oc2nc3ccccn3c2c1N. The number of rotatable bonds is 0. The average molecular weight is 187 g/mol. The molecule has 14 heavy (non-hydrogen) atoms. The lowest BCUT2D eigenvalue weighted by atomic mass is 10.4. The molecule has 3 aromatic rings. The summed E-state index contributed by atoms with van der Waals surface area (Å²) in [6.45, 7) is 1.84. The second-order valence-corrected chi connectivity index (χ2v) is 3.27. The van der Waals surface area contributed by atoms with Crippen LogP contribution in [-0.4, -0.2) is 9.38 Å². The van der Waals surface area contributed by atoms with E-state index in [9.17, 15) is 0 Å². The number of aryl methyl sites for hydroxylation is 1. The van der Waals surface area contributed by atoms with Crippen LogP contribution in [0.15, 0.2) is 28.8 Å². The van der Waals surface area contributed by atoms with Crippen molar-refractivity contribution in [1.82, 2.24) is 9.38 Å². The first-order valence-corrected chi connectivity index (χ1v) is 4.39. The van der Waals surface area contributed by atoms with E-state index >= 15 is 0 Å². The fourth-order valence-electron chi connectivity index (χ4n) is 1.66. The molecule has 0 saturated carbocycles. The van der Waals surface area contributed by atoms with Crippen LogP contribution < -0.4 is 5.73 Å². The van der Waals surface area contributed by atoms with Gasteiger partial charge in [-0.2, -0.15) is 4.98 Å². The van der Waals surface area contributed by atoms with E-state index in [0.29, 0.717) is 11.4 Å². The third kappa shape index (κ3) is 0.750. The number of hydrogen-bond donors (Lipinski definition) is 1. The average Bonchev–Trinajstić information content (AvgIpc) is 2.65. The maximum Gasteiger partial charge on any atom is 0.247 e. The Morgan fingerprint density at radius 1 is 1.43 bits per heavy atom. The van der Waals surface area contributed by atoms with Crippen LogP contribution in [0.1, 0.15) is 5.76 Å². The highest BCUT2D eigenvalue weighted by Crippen LogP contribution is 2.27. The van der Waals surface area contributed by atoms with Crippen molar-refractivity contribution in [2.45, 2.75) is 6.92 Å². The summed E-state index contributed by atoms with van der Waals surface area (Å²) >= 11 is 0. The number of imidazole rings is 1. The maximum atomic E-state index is 5.89. The highest BCUT2D eigenvalue weighted by molar-refractivity contribution is 5.88. The molecule has 70 valence electrons. The van der Waals surface area contributed by atoms with Crippen LogP contribution in [0.2, 0.25) is 0 Å². The Morgan fingerprint density at radius 3 is 3.14 bits per heavy atom. The molecular formula is C10H9N3O. The Morgan fingerprint density at radius 2 is 2.29 bits per heavy atom. The second kappa shape index (κ2) is 2.29. The molecule has 4 nitrogen and oxygen atoms in total. The Balaban J connectivity index is 2.62. The zero-order valence-electron chi connectivity index (χ0n) is 7.69. The number of fused-ring (bicyclic) bond motifs is 3. The van der Waals surface area contributed by atoms with E-state index in [1.165, 1.54) is 0 Å². The van der Waals surface area contributed by atoms with Gasteiger partial charge in [-0.3, -0.25) is 4.40 Å². The van der Waals surface area contributed by atoms with Gasteiger partial charge in [-0.15, -0.1) is 0 Å². The van der Waals surface area contributed by atoms with Gasteiger partial charge in [0, 0.05) is 6.20 Å².